The summed E-state index contributed by atoms with van der Waals surface area (Å²) < 4.78 is 0.439. The van der Waals surface area contributed by atoms with Crippen molar-refractivity contribution in [2.24, 2.45) is 5.11 Å². The fourth-order valence-electron chi connectivity index (χ4n) is 0.337. The van der Waals surface area contributed by atoms with Gasteiger partial charge in [0.15, 0.2) is 0 Å². The Bertz CT molecular complexity index is 153. The number of azide groups is 1. The summed E-state index contributed by atoms with van der Waals surface area (Å²) in [5.41, 5.74) is 7.83. The summed E-state index contributed by atoms with van der Waals surface area (Å²) in [6, 6.07) is 0. The largest absolute Gasteiger partial charge is 0.355 e. The molecular formula is C4H7IN4O. The molecule has 56 valence electrons. The summed E-state index contributed by atoms with van der Waals surface area (Å²) in [6.45, 7) is 0.741. The molecule has 0 saturated carbocycles. The molecule has 0 aromatic rings. The number of halogens is 1. The number of hydrogen-bond donors (Lipinski definition) is 1. The van der Waals surface area contributed by atoms with E-state index in [1.807, 2.05) is 22.6 Å². The number of nitrogens with one attached hydrogen (secondary N) is 1. The number of carbonyl (C=O) groups is 1. The SMILES string of the molecule is [N-]=[N+]=NCCNC(=O)CI. The van der Waals surface area contributed by atoms with Crippen LogP contribution >= 0.6 is 22.6 Å². The van der Waals surface area contributed by atoms with E-state index in [1.165, 1.54) is 0 Å². The number of nitrogens with zero attached hydrogens (tertiary/aromatic N) is 3. The smallest absolute Gasteiger partial charge is 0.229 e. The summed E-state index contributed by atoms with van der Waals surface area (Å²) >= 11 is 1.96. The van der Waals surface area contributed by atoms with Crippen LogP contribution < -0.4 is 5.32 Å². The minimum atomic E-state index is -0.0336. The van der Waals surface area contributed by atoms with Crippen LogP contribution in [0.15, 0.2) is 5.11 Å². The third-order valence-electron chi connectivity index (χ3n) is 0.719. The molecule has 0 aromatic carbocycles. The minimum Gasteiger partial charge on any atom is -0.355 e. The molecule has 0 rings (SSSR count). The first-order valence-electron chi connectivity index (χ1n) is 2.64. The second-order valence-corrected chi connectivity index (χ2v) is 2.20. The number of rotatable bonds is 4. The number of alkyl halides is 1. The van der Waals surface area contributed by atoms with E-state index in [0.29, 0.717) is 17.5 Å². The summed E-state index contributed by atoms with van der Waals surface area (Å²) in [6.07, 6.45) is 0. The maximum atomic E-state index is 10.5. The number of amides is 1. The van der Waals surface area contributed by atoms with Crippen molar-refractivity contribution in [2.45, 2.75) is 0 Å². The first-order chi connectivity index (χ1) is 4.81. The molecule has 5 nitrogen and oxygen atoms in total. The van der Waals surface area contributed by atoms with Crippen LogP contribution in [0, 0.1) is 0 Å². The normalized spacial score (nSPS) is 8.10. The minimum absolute atomic E-state index is 0.0336. The van der Waals surface area contributed by atoms with Gasteiger partial charge in [0.2, 0.25) is 5.91 Å². The van der Waals surface area contributed by atoms with Gasteiger partial charge in [-0.25, -0.2) is 0 Å². The zero-order valence-corrected chi connectivity index (χ0v) is 7.41. The first-order valence-corrected chi connectivity index (χ1v) is 4.17. The fraction of sp³-hybridized carbons (Fsp3) is 0.750. The van der Waals surface area contributed by atoms with Gasteiger partial charge in [-0.1, -0.05) is 27.7 Å². The fourth-order valence-corrected chi connectivity index (χ4v) is 0.607. The van der Waals surface area contributed by atoms with Crippen LogP contribution in [0.1, 0.15) is 0 Å². The van der Waals surface area contributed by atoms with Crippen molar-refractivity contribution in [2.75, 3.05) is 17.5 Å². The Balaban J connectivity index is 3.19. The maximum absolute atomic E-state index is 10.5. The summed E-state index contributed by atoms with van der Waals surface area (Å²) in [4.78, 5) is 13.1. The Morgan fingerprint density at radius 1 is 1.80 bits per heavy atom. The second kappa shape index (κ2) is 6.63. The van der Waals surface area contributed by atoms with Crippen molar-refractivity contribution < 1.29 is 4.79 Å². The van der Waals surface area contributed by atoms with E-state index in [4.69, 9.17) is 5.53 Å². The van der Waals surface area contributed by atoms with E-state index in [-0.39, 0.29) is 5.91 Å². The third-order valence-corrected chi connectivity index (χ3v) is 1.41. The average molecular weight is 254 g/mol. The van der Waals surface area contributed by atoms with Crippen molar-refractivity contribution in [3.05, 3.63) is 10.4 Å². The molecule has 0 radical (unpaired) electrons. The predicted molar refractivity (Wildman–Crippen MR) is 45.9 cm³/mol. The Labute approximate surface area is 71.9 Å². The molecule has 1 amide bonds. The van der Waals surface area contributed by atoms with E-state index >= 15 is 0 Å². The van der Waals surface area contributed by atoms with Crippen LogP contribution in [0.3, 0.4) is 0 Å². The molecule has 0 aliphatic heterocycles. The maximum Gasteiger partial charge on any atom is 0.229 e. The van der Waals surface area contributed by atoms with Gasteiger partial charge in [0, 0.05) is 18.0 Å². The van der Waals surface area contributed by atoms with Gasteiger partial charge in [0.1, 0.15) is 0 Å². The standard InChI is InChI=1S/C4H7IN4O/c5-3-4(10)7-1-2-8-9-6/h1-3H2,(H,7,10). The van der Waals surface area contributed by atoms with Gasteiger partial charge in [-0.2, -0.15) is 0 Å². The van der Waals surface area contributed by atoms with E-state index in [9.17, 15) is 4.79 Å². The first kappa shape index (κ1) is 9.51. The van der Waals surface area contributed by atoms with Crippen molar-refractivity contribution in [3.63, 3.8) is 0 Å². The van der Waals surface area contributed by atoms with Gasteiger partial charge in [-0.3, -0.25) is 4.79 Å². The molecule has 1 N–H and O–H groups in total. The average Bonchev–Trinajstić information content (AvgIpc) is 1.98. The molecule has 0 aliphatic carbocycles. The summed E-state index contributed by atoms with van der Waals surface area (Å²) in [7, 11) is 0. The highest BCUT2D eigenvalue weighted by Gasteiger charge is 1.93. The topological polar surface area (TPSA) is 77.9 Å². The van der Waals surface area contributed by atoms with Crippen LogP contribution in [0.4, 0.5) is 0 Å². The molecule has 0 unspecified atom stereocenters. The zero-order chi connectivity index (χ0) is 7.82. The van der Waals surface area contributed by atoms with Gasteiger partial charge in [0.05, 0.1) is 4.43 Å². The molecule has 0 fully saturated rings. The van der Waals surface area contributed by atoms with Gasteiger partial charge in [0.25, 0.3) is 0 Å². The Morgan fingerprint density at radius 2 is 2.50 bits per heavy atom. The molecule has 0 aliphatic rings. The molecule has 0 spiro atoms. The van der Waals surface area contributed by atoms with E-state index in [1.54, 1.807) is 0 Å². The lowest BCUT2D eigenvalue weighted by atomic mass is 10.6. The molecule has 0 bridgehead atoms. The molecular weight excluding hydrogens is 247 g/mol. The lowest BCUT2D eigenvalue weighted by Crippen LogP contribution is -2.26. The molecule has 6 heteroatoms. The van der Waals surface area contributed by atoms with Crippen molar-refractivity contribution >= 4 is 28.5 Å². The lowest BCUT2D eigenvalue weighted by Gasteiger charge is -1.96. The Morgan fingerprint density at radius 3 is 3.00 bits per heavy atom. The van der Waals surface area contributed by atoms with Crippen LogP contribution in [0.25, 0.3) is 10.4 Å². The summed E-state index contributed by atoms with van der Waals surface area (Å²) in [5, 5.41) is 5.80. The quantitative estimate of drug-likeness (QED) is 0.198. The van der Waals surface area contributed by atoms with Crippen LogP contribution in [-0.4, -0.2) is 23.4 Å². The third kappa shape index (κ3) is 5.64. The highest BCUT2D eigenvalue weighted by Crippen LogP contribution is 1.78. The van der Waals surface area contributed by atoms with Crippen LogP contribution in [0.2, 0.25) is 0 Å². The van der Waals surface area contributed by atoms with Gasteiger partial charge < -0.3 is 5.32 Å². The van der Waals surface area contributed by atoms with E-state index < -0.39 is 0 Å². The molecule has 0 aromatic heterocycles. The summed E-state index contributed by atoms with van der Waals surface area (Å²) in [5.74, 6) is -0.0336. The Hall–Kier alpha value is -0.490. The van der Waals surface area contributed by atoms with Crippen molar-refractivity contribution in [1.29, 1.82) is 0 Å². The van der Waals surface area contributed by atoms with Crippen LogP contribution in [-0.2, 0) is 4.79 Å². The molecule has 0 heterocycles. The number of hydrogen-bond acceptors (Lipinski definition) is 2. The zero-order valence-electron chi connectivity index (χ0n) is 5.25. The van der Waals surface area contributed by atoms with E-state index in [2.05, 4.69) is 15.3 Å². The predicted octanol–water partition coefficient (Wildman–Crippen LogP) is 0.848. The van der Waals surface area contributed by atoms with E-state index in [0.717, 1.165) is 0 Å². The molecule has 0 atom stereocenters. The Kier molecular flexibility index (Phi) is 6.30. The van der Waals surface area contributed by atoms with Gasteiger partial charge >= 0.3 is 0 Å². The highest BCUT2D eigenvalue weighted by atomic mass is 127. The lowest BCUT2D eigenvalue weighted by molar-refractivity contribution is -0.118. The number of carbonyl (C=O) groups excluding carboxylic acids is 1. The van der Waals surface area contributed by atoms with Crippen molar-refractivity contribution in [1.82, 2.24) is 5.32 Å². The molecule has 10 heavy (non-hydrogen) atoms. The van der Waals surface area contributed by atoms with Gasteiger partial charge in [-0.15, -0.1) is 0 Å². The van der Waals surface area contributed by atoms with Crippen molar-refractivity contribution in [3.8, 4) is 0 Å². The van der Waals surface area contributed by atoms with Gasteiger partial charge in [-0.05, 0) is 5.53 Å². The van der Waals surface area contributed by atoms with Crippen LogP contribution in [0.5, 0.6) is 0 Å². The second-order valence-electron chi connectivity index (χ2n) is 1.44. The molecule has 0 saturated heterocycles. The monoisotopic (exact) mass is 254 g/mol. The highest BCUT2D eigenvalue weighted by molar-refractivity contribution is 14.1.